The maximum Gasteiger partial charge on any atom is 0.308 e. The molecule has 10 nitrogen and oxygen atoms in total. The van der Waals surface area contributed by atoms with Crippen LogP contribution in [0.2, 0.25) is 0 Å². The van der Waals surface area contributed by atoms with Crippen molar-refractivity contribution in [1.82, 2.24) is 9.88 Å². The molecule has 4 rings (SSSR count). The van der Waals surface area contributed by atoms with Crippen LogP contribution in [0.5, 0.6) is 0 Å². The van der Waals surface area contributed by atoms with Crippen LogP contribution >= 0.6 is 0 Å². The van der Waals surface area contributed by atoms with Crippen molar-refractivity contribution in [2.24, 2.45) is 4.99 Å². The van der Waals surface area contributed by atoms with Gasteiger partial charge in [-0.3, -0.25) is 19.3 Å². The van der Waals surface area contributed by atoms with Gasteiger partial charge in [0.2, 0.25) is 6.10 Å². The fourth-order valence-electron chi connectivity index (χ4n) is 3.22. The molecule has 0 bridgehead atoms. The van der Waals surface area contributed by atoms with E-state index in [-0.39, 0.29) is 29.5 Å². The predicted molar refractivity (Wildman–Crippen MR) is 118 cm³/mol. The average Bonchev–Trinajstić information content (AvgIpc) is 3.32. The maximum absolute atomic E-state index is 12.8. The zero-order chi connectivity index (χ0) is 23.4. The minimum Gasteiger partial charge on any atom is -0.447 e. The largest absolute Gasteiger partial charge is 0.447 e. The van der Waals surface area contributed by atoms with Gasteiger partial charge in [0.05, 0.1) is 17.9 Å². The van der Waals surface area contributed by atoms with Crippen LogP contribution < -0.4 is 10.0 Å². The SMILES string of the molecule is Cc1cc(NC(=O)[C@@H](OC(=O)CCN=C2NS(=O)(=O)c3ccccc32)c2ccccc2)no1. The monoisotopic (exact) mass is 468 g/mol. The molecule has 0 aliphatic carbocycles. The van der Waals surface area contributed by atoms with Crippen LogP contribution in [-0.2, 0) is 24.3 Å². The van der Waals surface area contributed by atoms with Crippen LogP contribution in [0.15, 0.2) is 75.1 Å². The Hall–Kier alpha value is -3.99. The fourth-order valence-corrected chi connectivity index (χ4v) is 4.47. The minimum atomic E-state index is -3.66. The number of carbonyl (C=O) groups excluding carboxylic acids is 2. The summed E-state index contributed by atoms with van der Waals surface area (Å²) in [5, 5.41) is 6.28. The summed E-state index contributed by atoms with van der Waals surface area (Å²) < 4.78 is 37.0. The summed E-state index contributed by atoms with van der Waals surface area (Å²) in [4.78, 5) is 29.6. The molecule has 3 aromatic rings. The number of sulfonamides is 1. The smallest absolute Gasteiger partial charge is 0.308 e. The lowest BCUT2D eigenvalue weighted by molar-refractivity contribution is -0.154. The first-order valence-electron chi connectivity index (χ1n) is 9.99. The summed E-state index contributed by atoms with van der Waals surface area (Å²) in [5.41, 5.74) is 0.919. The zero-order valence-electron chi connectivity index (χ0n) is 17.5. The second-order valence-electron chi connectivity index (χ2n) is 7.17. The van der Waals surface area contributed by atoms with Crippen molar-refractivity contribution >= 4 is 33.6 Å². The van der Waals surface area contributed by atoms with E-state index < -0.39 is 28.0 Å². The molecule has 1 atom stereocenters. The number of amides is 1. The number of nitrogens with zero attached hydrogens (tertiary/aromatic N) is 2. The number of rotatable bonds is 7. The summed E-state index contributed by atoms with van der Waals surface area (Å²) in [6.07, 6.45) is -1.37. The molecule has 0 saturated heterocycles. The van der Waals surface area contributed by atoms with Gasteiger partial charge in [-0.25, -0.2) is 8.42 Å². The highest BCUT2D eigenvalue weighted by atomic mass is 32.2. The van der Waals surface area contributed by atoms with Gasteiger partial charge < -0.3 is 14.6 Å². The zero-order valence-corrected chi connectivity index (χ0v) is 18.3. The number of aryl methyl sites for hydroxylation is 1. The van der Waals surface area contributed by atoms with Crippen molar-refractivity contribution in [3.05, 3.63) is 77.6 Å². The summed E-state index contributed by atoms with van der Waals surface area (Å²) >= 11 is 0. The Labute approximate surface area is 189 Å². The third kappa shape index (κ3) is 5.09. The van der Waals surface area contributed by atoms with E-state index in [2.05, 4.69) is 20.2 Å². The number of hydrogen-bond donors (Lipinski definition) is 2. The Kier molecular flexibility index (Phi) is 6.22. The second kappa shape index (κ2) is 9.25. The van der Waals surface area contributed by atoms with Crippen LogP contribution in [0.3, 0.4) is 0 Å². The molecule has 0 fully saturated rings. The van der Waals surface area contributed by atoms with Crippen molar-refractivity contribution in [3.8, 4) is 0 Å². The number of carbonyl (C=O) groups is 2. The molecule has 2 heterocycles. The highest BCUT2D eigenvalue weighted by Gasteiger charge is 2.30. The highest BCUT2D eigenvalue weighted by molar-refractivity contribution is 7.90. The molecule has 2 aromatic carbocycles. The maximum atomic E-state index is 12.8. The van der Waals surface area contributed by atoms with E-state index in [1.54, 1.807) is 61.5 Å². The summed E-state index contributed by atoms with van der Waals surface area (Å²) in [7, 11) is -3.66. The van der Waals surface area contributed by atoms with Gasteiger partial charge >= 0.3 is 5.97 Å². The Bertz CT molecular complexity index is 1320. The molecule has 0 unspecified atom stereocenters. The average molecular weight is 468 g/mol. The van der Waals surface area contributed by atoms with E-state index in [0.29, 0.717) is 16.9 Å². The number of fused-ring (bicyclic) bond motifs is 1. The third-order valence-electron chi connectivity index (χ3n) is 4.72. The molecular formula is C22H20N4O6S. The van der Waals surface area contributed by atoms with E-state index in [9.17, 15) is 18.0 Å². The molecule has 170 valence electrons. The van der Waals surface area contributed by atoms with Gasteiger partial charge in [-0.2, -0.15) is 0 Å². The molecule has 2 N–H and O–H groups in total. The van der Waals surface area contributed by atoms with E-state index in [1.807, 2.05) is 0 Å². The van der Waals surface area contributed by atoms with Crippen LogP contribution in [0.4, 0.5) is 5.82 Å². The molecule has 0 radical (unpaired) electrons. The number of benzene rings is 2. The minimum absolute atomic E-state index is 0.0311. The molecule has 1 aliphatic rings. The molecular weight excluding hydrogens is 448 g/mol. The summed E-state index contributed by atoms with van der Waals surface area (Å²) in [6.45, 7) is 1.65. The van der Waals surface area contributed by atoms with E-state index >= 15 is 0 Å². The first-order chi connectivity index (χ1) is 15.8. The molecule has 1 aromatic heterocycles. The molecule has 0 saturated carbocycles. The molecule has 1 amide bonds. The summed E-state index contributed by atoms with van der Waals surface area (Å²) in [5.74, 6) is -0.382. The number of hydrogen-bond acceptors (Lipinski definition) is 8. The quantitative estimate of drug-likeness (QED) is 0.507. The van der Waals surface area contributed by atoms with E-state index in [4.69, 9.17) is 9.26 Å². The predicted octanol–water partition coefficient (Wildman–Crippen LogP) is 2.33. The number of ether oxygens (including phenoxy) is 1. The number of aliphatic imine (C=N–C) groups is 1. The van der Waals surface area contributed by atoms with E-state index in [0.717, 1.165) is 0 Å². The Balaban J connectivity index is 1.43. The molecule has 1 aliphatic heterocycles. The van der Waals surface area contributed by atoms with Gasteiger partial charge in [0.15, 0.2) is 5.82 Å². The topological polar surface area (TPSA) is 140 Å². The lowest BCUT2D eigenvalue weighted by Crippen LogP contribution is -2.26. The number of amidine groups is 1. The van der Waals surface area contributed by atoms with E-state index in [1.165, 1.54) is 6.07 Å². The van der Waals surface area contributed by atoms with Gasteiger partial charge in [0, 0.05) is 17.2 Å². The van der Waals surface area contributed by atoms with Crippen molar-refractivity contribution in [1.29, 1.82) is 0 Å². The second-order valence-corrected chi connectivity index (χ2v) is 8.83. The lowest BCUT2D eigenvalue weighted by Gasteiger charge is -2.17. The van der Waals surface area contributed by atoms with Crippen LogP contribution in [0.25, 0.3) is 0 Å². The van der Waals surface area contributed by atoms with Crippen molar-refractivity contribution in [2.45, 2.75) is 24.3 Å². The Morgan fingerprint density at radius 2 is 1.88 bits per heavy atom. The number of nitrogens with one attached hydrogen (secondary N) is 2. The van der Waals surface area contributed by atoms with Gasteiger partial charge in [-0.05, 0) is 19.1 Å². The highest BCUT2D eigenvalue weighted by Crippen LogP contribution is 2.23. The lowest BCUT2D eigenvalue weighted by atomic mass is 10.1. The van der Waals surface area contributed by atoms with Gasteiger partial charge in [-0.15, -0.1) is 0 Å². The van der Waals surface area contributed by atoms with Crippen molar-refractivity contribution in [3.63, 3.8) is 0 Å². The first-order valence-corrected chi connectivity index (χ1v) is 11.5. The molecule has 0 spiro atoms. The first kappa shape index (κ1) is 22.2. The molecule has 33 heavy (non-hydrogen) atoms. The molecule has 11 heteroatoms. The van der Waals surface area contributed by atoms with Crippen LogP contribution in [0, 0.1) is 6.92 Å². The third-order valence-corrected chi connectivity index (χ3v) is 6.11. The van der Waals surface area contributed by atoms with Crippen LogP contribution in [-0.4, -0.2) is 37.8 Å². The van der Waals surface area contributed by atoms with Gasteiger partial charge in [-0.1, -0.05) is 47.6 Å². The normalized spacial score (nSPS) is 16.0. The Morgan fingerprint density at radius 1 is 1.15 bits per heavy atom. The standard InChI is InChI=1S/C22H20N4O6S/c1-14-13-18(25-32-14)24-22(28)20(15-7-3-2-4-8-15)31-19(27)11-12-23-21-16-9-5-6-10-17(16)33(29,30)26-21/h2-10,13,20H,11-12H2,1H3,(H,23,26)(H,24,25,28)/t20-/m0/s1. The van der Waals surface area contributed by atoms with Crippen molar-refractivity contribution in [2.75, 3.05) is 11.9 Å². The Morgan fingerprint density at radius 3 is 2.61 bits per heavy atom. The van der Waals surface area contributed by atoms with Crippen molar-refractivity contribution < 1.29 is 27.3 Å². The van der Waals surface area contributed by atoms with Crippen LogP contribution in [0.1, 0.15) is 29.4 Å². The number of aromatic nitrogens is 1. The fraction of sp³-hybridized carbons (Fsp3) is 0.182. The summed E-state index contributed by atoms with van der Waals surface area (Å²) in [6, 6.07) is 16.5. The van der Waals surface area contributed by atoms with Gasteiger partial charge in [0.1, 0.15) is 11.6 Å². The number of esters is 1. The number of anilines is 1. The van der Waals surface area contributed by atoms with Gasteiger partial charge in [0.25, 0.3) is 15.9 Å².